The fourth-order valence-corrected chi connectivity index (χ4v) is 3.42. The molecule has 17 heavy (non-hydrogen) atoms. The lowest BCUT2D eigenvalue weighted by atomic mass is 10.2. The van der Waals surface area contributed by atoms with Gasteiger partial charge in [-0.2, -0.15) is 11.8 Å². The van der Waals surface area contributed by atoms with Crippen LogP contribution in [0.15, 0.2) is 0 Å². The molecule has 2 unspecified atom stereocenters. The van der Waals surface area contributed by atoms with Crippen molar-refractivity contribution in [3.63, 3.8) is 0 Å². The first-order chi connectivity index (χ1) is 8.13. The van der Waals surface area contributed by atoms with Crippen molar-refractivity contribution >= 4 is 17.7 Å². The Morgan fingerprint density at radius 2 is 2.18 bits per heavy atom. The lowest BCUT2D eigenvalue weighted by molar-refractivity contribution is -0.128. The highest BCUT2D eigenvalue weighted by molar-refractivity contribution is 7.99. The van der Waals surface area contributed by atoms with Gasteiger partial charge in [-0.1, -0.05) is 6.92 Å². The van der Waals surface area contributed by atoms with Crippen LogP contribution in [-0.2, 0) is 4.79 Å². The molecule has 0 saturated heterocycles. The Morgan fingerprint density at radius 1 is 1.41 bits per heavy atom. The minimum atomic E-state index is 0.234. The molecule has 1 fully saturated rings. The molecule has 3 nitrogen and oxygen atoms in total. The van der Waals surface area contributed by atoms with Gasteiger partial charge in [0.05, 0.1) is 0 Å². The largest absolute Gasteiger partial charge is 0.349 e. The van der Waals surface area contributed by atoms with Gasteiger partial charge in [0.25, 0.3) is 0 Å². The Hall–Kier alpha value is -0.220. The van der Waals surface area contributed by atoms with Crippen molar-refractivity contribution in [3.05, 3.63) is 0 Å². The number of carbonyl (C=O) groups excluding carboxylic acids is 1. The maximum atomic E-state index is 11.4. The van der Waals surface area contributed by atoms with E-state index in [-0.39, 0.29) is 5.91 Å². The Labute approximate surface area is 110 Å². The van der Waals surface area contributed by atoms with E-state index in [9.17, 15) is 4.79 Å². The highest BCUT2D eigenvalue weighted by Crippen LogP contribution is 2.29. The van der Waals surface area contributed by atoms with Crippen LogP contribution in [0.1, 0.15) is 39.0 Å². The maximum Gasteiger partial charge on any atom is 0.222 e. The summed E-state index contributed by atoms with van der Waals surface area (Å²) < 4.78 is 0. The molecule has 4 heteroatoms. The molecular weight excluding hydrogens is 232 g/mol. The van der Waals surface area contributed by atoms with Gasteiger partial charge < -0.3 is 10.2 Å². The van der Waals surface area contributed by atoms with Gasteiger partial charge in [-0.3, -0.25) is 4.79 Å². The van der Waals surface area contributed by atoms with E-state index in [0.717, 1.165) is 18.2 Å². The molecule has 0 radical (unpaired) electrons. The minimum Gasteiger partial charge on any atom is -0.349 e. The van der Waals surface area contributed by atoms with Crippen molar-refractivity contribution in [1.29, 1.82) is 0 Å². The van der Waals surface area contributed by atoms with Gasteiger partial charge >= 0.3 is 0 Å². The molecule has 0 aromatic rings. The van der Waals surface area contributed by atoms with Crippen molar-refractivity contribution in [1.82, 2.24) is 10.2 Å². The van der Waals surface area contributed by atoms with Crippen LogP contribution in [0.25, 0.3) is 0 Å². The van der Waals surface area contributed by atoms with E-state index >= 15 is 0 Å². The second-order valence-corrected chi connectivity index (χ2v) is 6.51. The van der Waals surface area contributed by atoms with E-state index in [4.69, 9.17) is 0 Å². The van der Waals surface area contributed by atoms with Crippen LogP contribution < -0.4 is 5.32 Å². The monoisotopic (exact) mass is 258 g/mol. The lowest BCUT2D eigenvalue weighted by Gasteiger charge is -2.14. The zero-order chi connectivity index (χ0) is 12.7. The summed E-state index contributed by atoms with van der Waals surface area (Å²) in [5.41, 5.74) is 0. The molecule has 0 aromatic heterocycles. The third kappa shape index (κ3) is 5.77. The molecule has 1 rings (SSSR count). The summed E-state index contributed by atoms with van der Waals surface area (Å²) in [6, 6.07) is 0.688. The molecule has 1 aliphatic carbocycles. The van der Waals surface area contributed by atoms with Gasteiger partial charge in [0.1, 0.15) is 0 Å². The van der Waals surface area contributed by atoms with Gasteiger partial charge in [0, 0.05) is 31.8 Å². The number of carbonyl (C=O) groups is 1. The first-order valence-corrected chi connectivity index (χ1v) is 7.73. The first kappa shape index (κ1) is 14.8. The summed E-state index contributed by atoms with van der Waals surface area (Å²) >= 11 is 2.09. The molecular formula is C13H26N2OS. The van der Waals surface area contributed by atoms with Gasteiger partial charge in [-0.25, -0.2) is 0 Å². The van der Waals surface area contributed by atoms with Crippen molar-refractivity contribution in [2.45, 2.75) is 50.3 Å². The molecule has 1 saturated carbocycles. The Balaban J connectivity index is 2.02. The first-order valence-electron chi connectivity index (χ1n) is 6.68. The second kappa shape index (κ2) is 7.98. The standard InChI is InChI=1S/C13H26N2OS/c1-4-17-12-8-7-11(10-12)14-9-5-6-13(16)15(2)3/h11-12,14H,4-10H2,1-3H3. The van der Waals surface area contributed by atoms with Crippen LogP contribution in [0.5, 0.6) is 0 Å². The molecule has 0 bridgehead atoms. The topological polar surface area (TPSA) is 32.3 Å². The van der Waals surface area contributed by atoms with Crippen LogP contribution in [0.2, 0.25) is 0 Å². The smallest absolute Gasteiger partial charge is 0.222 e. The van der Waals surface area contributed by atoms with Crippen molar-refractivity contribution in [3.8, 4) is 0 Å². The summed E-state index contributed by atoms with van der Waals surface area (Å²) in [5, 5.41) is 4.44. The third-order valence-corrected chi connectivity index (χ3v) is 4.52. The maximum absolute atomic E-state index is 11.4. The molecule has 1 amide bonds. The average Bonchev–Trinajstić information content (AvgIpc) is 2.72. The van der Waals surface area contributed by atoms with Gasteiger partial charge in [-0.15, -0.1) is 0 Å². The average molecular weight is 258 g/mol. The van der Waals surface area contributed by atoms with Crippen molar-refractivity contribution < 1.29 is 4.79 Å². The summed E-state index contributed by atoms with van der Waals surface area (Å²) in [6.45, 7) is 3.21. The summed E-state index contributed by atoms with van der Waals surface area (Å²) in [5.74, 6) is 1.46. The van der Waals surface area contributed by atoms with Gasteiger partial charge in [0.2, 0.25) is 5.91 Å². The Morgan fingerprint density at radius 3 is 2.82 bits per heavy atom. The Kier molecular flexibility index (Phi) is 6.97. The van der Waals surface area contributed by atoms with Crippen LogP contribution in [0.4, 0.5) is 0 Å². The van der Waals surface area contributed by atoms with Gasteiger partial charge in [0.15, 0.2) is 0 Å². The van der Waals surface area contributed by atoms with E-state index in [0.29, 0.717) is 12.5 Å². The predicted molar refractivity (Wildman–Crippen MR) is 75.5 cm³/mol. The molecule has 1 aliphatic rings. The Bertz CT molecular complexity index is 233. The van der Waals surface area contributed by atoms with Gasteiger partial charge in [-0.05, 0) is 38.0 Å². The molecule has 100 valence electrons. The second-order valence-electron chi connectivity index (χ2n) is 4.93. The fraction of sp³-hybridized carbons (Fsp3) is 0.923. The fourth-order valence-electron chi connectivity index (χ4n) is 2.28. The molecule has 0 heterocycles. The van der Waals surface area contributed by atoms with Crippen LogP contribution in [0, 0.1) is 0 Å². The normalized spacial score (nSPS) is 23.9. The van der Waals surface area contributed by atoms with Crippen LogP contribution >= 0.6 is 11.8 Å². The molecule has 2 atom stereocenters. The number of amides is 1. The SMILES string of the molecule is CCSC1CCC(NCCCC(=O)N(C)C)C1. The number of thioether (sulfide) groups is 1. The van der Waals surface area contributed by atoms with E-state index < -0.39 is 0 Å². The molecule has 0 aliphatic heterocycles. The number of nitrogens with zero attached hydrogens (tertiary/aromatic N) is 1. The zero-order valence-electron chi connectivity index (χ0n) is 11.4. The van der Waals surface area contributed by atoms with E-state index in [2.05, 4.69) is 24.0 Å². The number of nitrogens with one attached hydrogen (secondary N) is 1. The zero-order valence-corrected chi connectivity index (χ0v) is 12.2. The number of rotatable bonds is 7. The van der Waals surface area contributed by atoms with Crippen molar-refractivity contribution in [2.75, 3.05) is 26.4 Å². The number of hydrogen-bond acceptors (Lipinski definition) is 3. The van der Waals surface area contributed by atoms with E-state index in [1.807, 2.05) is 14.1 Å². The summed E-state index contributed by atoms with van der Waals surface area (Å²) in [4.78, 5) is 13.0. The molecule has 0 aromatic carbocycles. The van der Waals surface area contributed by atoms with Crippen molar-refractivity contribution in [2.24, 2.45) is 0 Å². The molecule has 0 spiro atoms. The summed E-state index contributed by atoms with van der Waals surface area (Å²) in [7, 11) is 3.64. The quantitative estimate of drug-likeness (QED) is 0.710. The summed E-state index contributed by atoms with van der Waals surface area (Å²) in [6.07, 6.45) is 5.59. The van der Waals surface area contributed by atoms with E-state index in [1.165, 1.54) is 25.0 Å². The highest BCUT2D eigenvalue weighted by Gasteiger charge is 2.23. The minimum absolute atomic E-state index is 0.234. The highest BCUT2D eigenvalue weighted by atomic mass is 32.2. The molecule has 1 N–H and O–H groups in total. The van der Waals surface area contributed by atoms with E-state index in [1.54, 1.807) is 4.90 Å². The van der Waals surface area contributed by atoms with Crippen LogP contribution in [-0.4, -0.2) is 48.5 Å². The third-order valence-electron chi connectivity index (χ3n) is 3.29. The lowest BCUT2D eigenvalue weighted by Crippen LogP contribution is -2.29. The van der Waals surface area contributed by atoms with Crippen LogP contribution in [0.3, 0.4) is 0 Å². The number of hydrogen-bond donors (Lipinski definition) is 1. The predicted octanol–water partition coefficient (Wildman–Crippen LogP) is 2.12.